The molecule has 21 heavy (non-hydrogen) atoms. The Morgan fingerprint density at radius 2 is 1.76 bits per heavy atom. The summed E-state index contributed by atoms with van der Waals surface area (Å²) in [6, 6.07) is 8.89. The predicted octanol–water partition coefficient (Wildman–Crippen LogP) is 2.49. The van der Waals surface area contributed by atoms with E-state index in [2.05, 4.69) is 41.4 Å². The maximum Gasteiger partial charge on any atom is 0.0590 e. The first-order chi connectivity index (χ1) is 10.4. The summed E-state index contributed by atoms with van der Waals surface area (Å²) < 4.78 is 5.55. The first-order valence-electron chi connectivity index (χ1n) is 8.47. The fourth-order valence-electron chi connectivity index (χ4n) is 2.79. The van der Waals surface area contributed by atoms with Crippen molar-refractivity contribution in [3.05, 3.63) is 35.4 Å². The summed E-state index contributed by atoms with van der Waals surface area (Å²) in [5.41, 5.74) is 3.08. The van der Waals surface area contributed by atoms with Crippen LogP contribution in [-0.2, 0) is 17.6 Å². The number of nitrogens with one attached hydrogen (secondary N) is 1. The highest BCUT2D eigenvalue weighted by Gasteiger charge is 2.12. The van der Waals surface area contributed by atoms with Crippen LogP contribution < -0.4 is 5.32 Å². The molecule has 0 fully saturated rings. The molecule has 1 aromatic carbocycles. The van der Waals surface area contributed by atoms with Crippen molar-refractivity contribution in [1.82, 2.24) is 10.2 Å². The molecule has 2 rings (SSSR count). The first-order valence-corrected chi connectivity index (χ1v) is 8.47. The van der Waals surface area contributed by atoms with Crippen molar-refractivity contribution in [2.45, 2.75) is 32.6 Å². The highest BCUT2D eigenvalue weighted by atomic mass is 16.5. The second-order valence-corrected chi connectivity index (χ2v) is 5.83. The van der Waals surface area contributed by atoms with Crippen LogP contribution in [0.4, 0.5) is 0 Å². The molecule has 1 N–H and O–H groups in total. The molecule has 1 aliphatic rings. The van der Waals surface area contributed by atoms with Gasteiger partial charge in [-0.05, 0) is 30.4 Å². The number of nitrogens with zero attached hydrogens (tertiary/aromatic N) is 1. The Hall–Kier alpha value is -0.900. The first kappa shape index (κ1) is 16.5. The van der Waals surface area contributed by atoms with Crippen LogP contribution in [0.3, 0.4) is 0 Å². The van der Waals surface area contributed by atoms with Crippen molar-refractivity contribution >= 4 is 0 Å². The van der Waals surface area contributed by atoms with Crippen molar-refractivity contribution in [1.29, 1.82) is 0 Å². The number of benzene rings is 1. The molecule has 0 aromatic heterocycles. The number of unbranched alkanes of at least 4 members (excludes halogenated alkanes) is 1. The molecule has 0 saturated carbocycles. The number of fused-ring (bicyclic) bond motifs is 1. The van der Waals surface area contributed by atoms with E-state index in [-0.39, 0.29) is 0 Å². The molecule has 3 nitrogen and oxygen atoms in total. The summed E-state index contributed by atoms with van der Waals surface area (Å²) >= 11 is 0. The normalized spacial score (nSPS) is 15.7. The van der Waals surface area contributed by atoms with E-state index in [1.54, 1.807) is 0 Å². The van der Waals surface area contributed by atoms with Gasteiger partial charge in [-0.3, -0.25) is 0 Å². The zero-order valence-electron chi connectivity index (χ0n) is 13.4. The standard InChI is InChI=1S/C18H30N2O/c1-2-3-15-21-16-11-19-10-14-20-12-8-17-6-4-5-7-18(17)9-13-20/h4-7,19H,2-3,8-16H2,1H3. The molecule has 1 heterocycles. The minimum atomic E-state index is 0.839. The summed E-state index contributed by atoms with van der Waals surface area (Å²) in [6.07, 6.45) is 4.77. The molecule has 0 spiro atoms. The van der Waals surface area contributed by atoms with Gasteiger partial charge in [-0.25, -0.2) is 0 Å². The molecule has 1 aliphatic heterocycles. The Bertz CT molecular complexity index is 368. The Labute approximate surface area is 129 Å². The summed E-state index contributed by atoms with van der Waals surface area (Å²) in [5, 5.41) is 3.48. The number of ether oxygens (including phenoxy) is 1. The maximum atomic E-state index is 5.55. The van der Waals surface area contributed by atoms with Crippen molar-refractivity contribution in [2.75, 3.05) is 45.9 Å². The summed E-state index contributed by atoms with van der Waals surface area (Å²) in [4.78, 5) is 2.57. The third kappa shape index (κ3) is 6.16. The Kier molecular flexibility index (Phi) is 7.79. The van der Waals surface area contributed by atoms with Gasteiger partial charge in [0.2, 0.25) is 0 Å². The van der Waals surface area contributed by atoms with Crippen LogP contribution in [0, 0.1) is 0 Å². The number of hydrogen-bond donors (Lipinski definition) is 1. The lowest BCUT2D eigenvalue weighted by atomic mass is 10.0. The lowest BCUT2D eigenvalue weighted by molar-refractivity contribution is 0.132. The van der Waals surface area contributed by atoms with Crippen molar-refractivity contribution < 1.29 is 4.74 Å². The molecule has 0 bridgehead atoms. The second kappa shape index (κ2) is 9.93. The van der Waals surface area contributed by atoms with Crippen LogP contribution >= 0.6 is 0 Å². The zero-order valence-corrected chi connectivity index (χ0v) is 13.4. The molecule has 3 heteroatoms. The quantitative estimate of drug-likeness (QED) is 0.707. The third-order valence-corrected chi connectivity index (χ3v) is 4.18. The van der Waals surface area contributed by atoms with Crippen LogP contribution in [0.1, 0.15) is 30.9 Å². The van der Waals surface area contributed by atoms with Crippen LogP contribution in [0.2, 0.25) is 0 Å². The summed E-state index contributed by atoms with van der Waals surface area (Å²) in [5.74, 6) is 0. The molecule has 0 aliphatic carbocycles. The highest BCUT2D eigenvalue weighted by molar-refractivity contribution is 5.28. The van der Waals surface area contributed by atoms with Gasteiger partial charge in [0.05, 0.1) is 6.61 Å². The summed E-state index contributed by atoms with van der Waals surface area (Å²) in [7, 11) is 0. The number of rotatable bonds is 9. The van der Waals surface area contributed by atoms with Crippen molar-refractivity contribution in [3.8, 4) is 0 Å². The van der Waals surface area contributed by atoms with E-state index in [1.807, 2.05) is 0 Å². The second-order valence-electron chi connectivity index (χ2n) is 5.83. The number of hydrogen-bond acceptors (Lipinski definition) is 3. The Balaban J connectivity index is 1.54. The van der Waals surface area contributed by atoms with Gasteiger partial charge in [0.1, 0.15) is 0 Å². The largest absolute Gasteiger partial charge is 0.380 e. The summed E-state index contributed by atoms with van der Waals surface area (Å²) in [6.45, 7) is 9.49. The predicted molar refractivity (Wildman–Crippen MR) is 88.9 cm³/mol. The molecule has 0 radical (unpaired) electrons. The van der Waals surface area contributed by atoms with E-state index < -0.39 is 0 Å². The monoisotopic (exact) mass is 290 g/mol. The van der Waals surface area contributed by atoms with Crippen molar-refractivity contribution in [3.63, 3.8) is 0 Å². The highest BCUT2D eigenvalue weighted by Crippen LogP contribution is 2.14. The van der Waals surface area contributed by atoms with Crippen LogP contribution in [0.5, 0.6) is 0 Å². The zero-order chi connectivity index (χ0) is 14.8. The van der Waals surface area contributed by atoms with E-state index in [0.717, 1.165) is 32.8 Å². The molecular weight excluding hydrogens is 260 g/mol. The molecular formula is C18H30N2O. The van der Waals surface area contributed by atoms with E-state index in [0.29, 0.717) is 0 Å². The van der Waals surface area contributed by atoms with Gasteiger partial charge < -0.3 is 15.0 Å². The average molecular weight is 290 g/mol. The van der Waals surface area contributed by atoms with Crippen LogP contribution in [0.15, 0.2) is 24.3 Å². The van der Waals surface area contributed by atoms with E-state index in [9.17, 15) is 0 Å². The van der Waals surface area contributed by atoms with Crippen molar-refractivity contribution in [2.24, 2.45) is 0 Å². The van der Waals surface area contributed by atoms with Gasteiger partial charge in [0.15, 0.2) is 0 Å². The minimum absolute atomic E-state index is 0.839. The smallest absolute Gasteiger partial charge is 0.0590 e. The fraction of sp³-hybridized carbons (Fsp3) is 0.667. The molecule has 0 atom stereocenters. The molecule has 1 aromatic rings. The van der Waals surface area contributed by atoms with Crippen LogP contribution in [0.25, 0.3) is 0 Å². The van der Waals surface area contributed by atoms with Gasteiger partial charge >= 0.3 is 0 Å². The fourth-order valence-corrected chi connectivity index (χ4v) is 2.79. The maximum absolute atomic E-state index is 5.55. The van der Waals surface area contributed by atoms with E-state index in [4.69, 9.17) is 4.74 Å². The van der Waals surface area contributed by atoms with Gasteiger partial charge in [0.25, 0.3) is 0 Å². The molecule has 118 valence electrons. The van der Waals surface area contributed by atoms with E-state index >= 15 is 0 Å². The van der Waals surface area contributed by atoms with Gasteiger partial charge in [0, 0.05) is 39.3 Å². The topological polar surface area (TPSA) is 24.5 Å². The van der Waals surface area contributed by atoms with Crippen LogP contribution in [-0.4, -0.2) is 50.8 Å². The van der Waals surface area contributed by atoms with Gasteiger partial charge in [-0.15, -0.1) is 0 Å². The molecule has 0 unspecified atom stereocenters. The van der Waals surface area contributed by atoms with Gasteiger partial charge in [-0.1, -0.05) is 37.6 Å². The Morgan fingerprint density at radius 3 is 2.43 bits per heavy atom. The Morgan fingerprint density at radius 1 is 1.05 bits per heavy atom. The average Bonchev–Trinajstić information content (AvgIpc) is 2.73. The lowest BCUT2D eigenvalue weighted by Gasteiger charge is -2.19. The lowest BCUT2D eigenvalue weighted by Crippen LogP contribution is -2.35. The van der Waals surface area contributed by atoms with Gasteiger partial charge in [-0.2, -0.15) is 0 Å². The minimum Gasteiger partial charge on any atom is -0.380 e. The SMILES string of the molecule is CCCCOCCNCCN1CCc2ccccc2CC1. The molecule has 0 saturated heterocycles. The third-order valence-electron chi connectivity index (χ3n) is 4.18. The molecule has 0 amide bonds. The van der Waals surface area contributed by atoms with E-state index in [1.165, 1.54) is 49.9 Å².